The number of esters is 1. The lowest BCUT2D eigenvalue weighted by Gasteiger charge is -2.73. The second-order valence-electron chi connectivity index (χ2n) is 20.9. The third kappa shape index (κ3) is 6.98. The van der Waals surface area contributed by atoms with Crippen LogP contribution in [0.2, 0.25) is 0 Å². The molecule has 6 aliphatic rings. The highest BCUT2D eigenvalue weighted by molar-refractivity contribution is 7.88. The fourth-order valence-electron chi connectivity index (χ4n) is 14.3. The number of nitrogens with one attached hydrogen (secondary N) is 1. The van der Waals surface area contributed by atoms with Gasteiger partial charge in [-0.3, -0.25) is 14.5 Å². The second kappa shape index (κ2) is 14.2. The Balaban J connectivity index is 1.16. The van der Waals surface area contributed by atoms with Gasteiger partial charge in [0.05, 0.1) is 18.1 Å². The van der Waals surface area contributed by atoms with E-state index in [1.807, 2.05) is 0 Å². The fourth-order valence-corrected chi connectivity index (χ4v) is 15.1. The number of carboxylic acids is 1. The second-order valence-corrected chi connectivity index (χ2v) is 22.9. The van der Waals surface area contributed by atoms with Crippen molar-refractivity contribution in [3.8, 4) is 0 Å². The van der Waals surface area contributed by atoms with Crippen LogP contribution < -0.4 is 5.32 Å². The van der Waals surface area contributed by atoms with Gasteiger partial charge in [-0.2, -0.15) is 4.31 Å². The van der Waals surface area contributed by atoms with Crippen molar-refractivity contribution in [1.29, 1.82) is 0 Å². The Kier molecular flexibility index (Phi) is 11.0. The Bertz CT molecular complexity index is 1540. The van der Waals surface area contributed by atoms with Crippen molar-refractivity contribution >= 4 is 22.0 Å². The molecule has 0 aromatic rings. The van der Waals surface area contributed by atoms with Gasteiger partial charge in [0.2, 0.25) is 10.0 Å². The molecule has 0 aromatic heterocycles. The average molecular weight is 760 g/mol. The van der Waals surface area contributed by atoms with Crippen LogP contribution in [0.15, 0.2) is 12.2 Å². The van der Waals surface area contributed by atoms with Crippen LogP contribution >= 0.6 is 0 Å². The molecule has 2 N–H and O–H groups in total. The summed E-state index contributed by atoms with van der Waals surface area (Å²) in [6.07, 6.45) is 12.9. The number of ether oxygens (including phenoxy) is 1. The molecule has 6 fully saturated rings. The summed E-state index contributed by atoms with van der Waals surface area (Å²) in [5, 5.41) is 13.6. The molecule has 0 aromatic carbocycles. The molecule has 0 radical (unpaired) electrons. The smallest absolute Gasteiger partial charge is 0.309 e. The van der Waals surface area contributed by atoms with Gasteiger partial charge in [-0.25, -0.2) is 8.42 Å². The highest BCUT2D eigenvalue weighted by atomic mass is 32.2. The van der Waals surface area contributed by atoms with Crippen LogP contribution in [-0.4, -0.2) is 92.8 Å². The summed E-state index contributed by atoms with van der Waals surface area (Å²) >= 11 is 0. The van der Waals surface area contributed by atoms with Crippen molar-refractivity contribution in [2.75, 3.05) is 52.1 Å². The molecule has 5 saturated carbocycles. The molecule has 0 unspecified atom stereocenters. The first-order chi connectivity index (χ1) is 24.5. The van der Waals surface area contributed by atoms with Crippen LogP contribution in [0.25, 0.3) is 0 Å². The number of carboxylic acid groups (broad SMARTS) is 1. The Hall–Kier alpha value is -1.49. The Morgan fingerprint density at radius 2 is 1.57 bits per heavy atom. The van der Waals surface area contributed by atoms with Crippen LogP contribution in [0.4, 0.5) is 0 Å². The molecule has 1 aliphatic heterocycles. The van der Waals surface area contributed by atoms with Crippen LogP contribution in [0.1, 0.15) is 126 Å². The Labute approximate surface area is 321 Å². The molecular formula is C43H73N3O6S. The summed E-state index contributed by atoms with van der Waals surface area (Å²) in [6.45, 7) is 28.4. The van der Waals surface area contributed by atoms with E-state index >= 15 is 0 Å². The maximum atomic E-state index is 13.1. The monoisotopic (exact) mass is 760 g/mol. The van der Waals surface area contributed by atoms with E-state index < -0.39 is 21.4 Å². The molecule has 1 heterocycles. The SMILES string of the molecule is C=C(C)[C@@H]1CC[C@]2(CNCCN3CCN(S(C)(=O)=O)CC3)CC[C@]3(C)[C@H](CC[C@@H]4[C@@]5(C)CC[C@H](OC(=O)CC(C)(C)C(=O)O)C(C)(C)[C@@H]5CC[C@]43C)[C@@H]12. The fraction of sp³-hybridized carbons (Fsp3) is 0.907. The number of piperazine rings is 1. The first-order valence-electron chi connectivity index (χ1n) is 21.0. The van der Waals surface area contributed by atoms with Crippen molar-refractivity contribution in [2.24, 2.45) is 62.1 Å². The molecule has 9 nitrogen and oxygen atoms in total. The Morgan fingerprint density at radius 3 is 2.19 bits per heavy atom. The predicted molar refractivity (Wildman–Crippen MR) is 211 cm³/mol. The first-order valence-corrected chi connectivity index (χ1v) is 22.8. The number of carbonyl (C=O) groups excluding carboxylic acids is 1. The molecular weight excluding hydrogens is 687 g/mol. The number of nitrogens with zero attached hydrogens (tertiary/aromatic N) is 2. The largest absolute Gasteiger partial charge is 0.481 e. The summed E-state index contributed by atoms with van der Waals surface area (Å²) in [4.78, 5) is 27.3. The highest BCUT2D eigenvalue weighted by Gasteiger charge is 2.71. The number of sulfonamides is 1. The van der Waals surface area contributed by atoms with Crippen LogP contribution in [0, 0.1) is 62.1 Å². The lowest BCUT2D eigenvalue weighted by molar-refractivity contribution is -0.250. The lowest BCUT2D eigenvalue weighted by atomic mass is 9.32. The molecule has 0 amide bonds. The number of carbonyl (C=O) groups is 2. The van der Waals surface area contributed by atoms with Crippen molar-refractivity contribution in [1.82, 2.24) is 14.5 Å². The zero-order valence-electron chi connectivity index (χ0n) is 34.7. The van der Waals surface area contributed by atoms with Gasteiger partial charge in [-0.15, -0.1) is 0 Å². The van der Waals surface area contributed by atoms with Crippen LogP contribution in [0.5, 0.6) is 0 Å². The summed E-state index contributed by atoms with van der Waals surface area (Å²) in [6, 6.07) is 0. The van der Waals surface area contributed by atoms with Gasteiger partial charge in [0.25, 0.3) is 0 Å². The average Bonchev–Trinajstić information content (AvgIpc) is 3.44. The number of fused-ring (bicyclic) bond motifs is 7. The van der Waals surface area contributed by atoms with Crippen molar-refractivity contribution < 1.29 is 27.9 Å². The number of allylic oxidation sites excluding steroid dienone is 1. The first kappa shape index (κ1) is 41.2. The lowest BCUT2D eigenvalue weighted by Crippen LogP contribution is -2.67. The normalized spacial score (nSPS) is 41.8. The van der Waals surface area contributed by atoms with E-state index in [1.54, 1.807) is 18.2 Å². The van der Waals surface area contributed by atoms with E-state index in [-0.39, 0.29) is 40.2 Å². The molecule has 0 bridgehead atoms. The van der Waals surface area contributed by atoms with Crippen molar-refractivity contribution in [3.05, 3.63) is 12.2 Å². The zero-order chi connectivity index (χ0) is 39.0. The summed E-state index contributed by atoms with van der Waals surface area (Å²) in [7, 11) is -3.11. The highest BCUT2D eigenvalue weighted by Crippen LogP contribution is 2.77. The summed E-state index contributed by atoms with van der Waals surface area (Å²) < 4.78 is 31.8. The van der Waals surface area contributed by atoms with E-state index in [1.165, 1.54) is 56.8 Å². The molecule has 302 valence electrons. The van der Waals surface area contributed by atoms with Crippen molar-refractivity contribution in [3.63, 3.8) is 0 Å². The Morgan fingerprint density at radius 1 is 0.887 bits per heavy atom. The molecule has 10 atom stereocenters. The molecule has 6 rings (SSSR count). The van der Waals surface area contributed by atoms with E-state index in [0.29, 0.717) is 48.1 Å². The zero-order valence-corrected chi connectivity index (χ0v) is 35.5. The van der Waals surface area contributed by atoms with Gasteiger partial charge in [-0.1, -0.05) is 46.8 Å². The summed E-state index contributed by atoms with van der Waals surface area (Å²) in [5.41, 5.74) is 1.01. The number of aliphatic carboxylic acids is 1. The molecule has 1 saturated heterocycles. The van der Waals surface area contributed by atoms with Crippen LogP contribution in [-0.2, 0) is 24.3 Å². The third-order valence-corrected chi connectivity index (χ3v) is 18.8. The van der Waals surface area contributed by atoms with Crippen molar-refractivity contribution in [2.45, 2.75) is 132 Å². The molecule has 10 heteroatoms. The minimum atomic E-state index is -3.11. The van der Waals surface area contributed by atoms with Gasteiger partial charge in [0.1, 0.15) is 6.10 Å². The van der Waals surface area contributed by atoms with Gasteiger partial charge in [0, 0.05) is 51.2 Å². The number of rotatable bonds is 11. The topological polar surface area (TPSA) is 116 Å². The van der Waals surface area contributed by atoms with Gasteiger partial charge >= 0.3 is 11.9 Å². The molecule has 0 spiro atoms. The van der Waals surface area contributed by atoms with Gasteiger partial charge in [0.15, 0.2) is 0 Å². The minimum Gasteiger partial charge on any atom is -0.481 e. The third-order valence-electron chi connectivity index (χ3n) is 17.5. The minimum absolute atomic E-state index is 0.106. The quantitative estimate of drug-likeness (QED) is 0.129. The van der Waals surface area contributed by atoms with Crippen LogP contribution in [0.3, 0.4) is 0 Å². The number of hydrogen-bond acceptors (Lipinski definition) is 7. The standard InChI is InChI=1S/C43H73N3O6S/c1-29(2)30-13-18-43(28-44-21-22-45-23-25-46(26-24-45)53(10,50)51)20-19-41(8)31(36(30)43)11-12-33-40(7)16-15-34(52-35(47)27-38(3,4)37(48)49)39(5,6)32(40)14-17-42(33,41)9/h30-34,36,44H,1,11-28H2,2-10H3,(H,48,49)/t30-,31+,32-,33+,34-,36+,40-,41+,42+,43+/m0/s1. The van der Waals surface area contributed by atoms with E-state index in [2.05, 4.69) is 58.3 Å². The number of hydrogen-bond donors (Lipinski definition) is 2. The maximum Gasteiger partial charge on any atom is 0.309 e. The van der Waals surface area contributed by atoms with E-state index in [4.69, 9.17) is 4.74 Å². The van der Waals surface area contributed by atoms with Gasteiger partial charge < -0.3 is 15.2 Å². The van der Waals surface area contributed by atoms with Gasteiger partial charge in [-0.05, 0) is 136 Å². The maximum absolute atomic E-state index is 13.1. The van der Waals surface area contributed by atoms with E-state index in [0.717, 1.165) is 52.0 Å². The van der Waals surface area contributed by atoms with E-state index in [9.17, 15) is 23.1 Å². The summed E-state index contributed by atoms with van der Waals surface area (Å²) in [5.74, 6) is 1.61. The molecule has 5 aliphatic carbocycles. The predicted octanol–water partition coefficient (Wildman–Crippen LogP) is 7.22. The molecule has 53 heavy (non-hydrogen) atoms.